The molecule has 0 radical (unpaired) electrons. The van der Waals surface area contributed by atoms with Crippen LogP contribution in [-0.4, -0.2) is 21.4 Å². The van der Waals surface area contributed by atoms with Crippen LogP contribution in [0, 0.1) is 17.8 Å². The molecule has 0 aliphatic heterocycles. The summed E-state index contributed by atoms with van der Waals surface area (Å²) in [7, 11) is 0. The molecule has 2 aliphatic carbocycles. The van der Waals surface area contributed by atoms with Crippen LogP contribution in [0.3, 0.4) is 0 Å². The van der Waals surface area contributed by atoms with E-state index in [4.69, 9.17) is 0 Å². The van der Waals surface area contributed by atoms with Gasteiger partial charge in [-0.25, -0.2) is 0 Å². The first-order chi connectivity index (χ1) is 7.75. The second kappa shape index (κ2) is 4.10. The Bertz CT molecular complexity index is 326. The van der Waals surface area contributed by atoms with Crippen LogP contribution >= 0.6 is 0 Å². The summed E-state index contributed by atoms with van der Waals surface area (Å²) in [5.74, 6) is 0.648. The molecule has 0 aromatic rings. The lowest BCUT2D eigenvalue weighted by molar-refractivity contribution is -0.143. The monoisotopic (exact) mass is 238 g/mol. The van der Waals surface area contributed by atoms with E-state index in [9.17, 15) is 10.2 Å². The van der Waals surface area contributed by atoms with Gasteiger partial charge < -0.3 is 10.2 Å². The van der Waals surface area contributed by atoms with Gasteiger partial charge in [-0.15, -0.1) is 0 Å². The maximum absolute atomic E-state index is 11.0. The van der Waals surface area contributed by atoms with Crippen LogP contribution < -0.4 is 0 Å². The van der Waals surface area contributed by atoms with E-state index in [0.717, 1.165) is 25.7 Å². The zero-order valence-corrected chi connectivity index (χ0v) is 11.5. The molecule has 0 unspecified atom stereocenters. The van der Waals surface area contributed by atoms with E-state index in [2.05, 4.69) is 19.9 Å². The first-order valence-electron chi connectivity index (χ1n) is 6.87. The Labute approximate surface area is 105 Å². The summed E-state index contributed by atoms with van der Waals surface area (Å²) >= 11 is 0. The molecule has 0 amide bonds. The molecule has 1 saturated carbocycles. The smallest absolute Gasteiger partial charge is 0.0742 e. The maximum atomic E-state index is 11.0. The summed E-state index contributed by atoms with van der Waals surface area (Å²) in [6.07, 6.45) is 6.11. The van der Waals surface area contributed by atoms with Crippen molar-refractivity contribution in [3.05, 3.63) is 11.6 Å². The molecule has 2 nitrogen and oxygen atoms in total. The van der Waals surface area contributed by atoms with E-state index in [1.54, 1.807) is 0 Å². The predicted octanol–water partition coefficient (Wildman–Crippen LogP) is 2.89. The van der Waals surface area contributed by atoms with Crippen molar-refractivity contribution in [2.45, 2.75) is 64.6 Å². The van der Waals surface area contributed by atoms with Crippen molar-refractivity contribution in [2.24, 2.45) is 17.8 Å². The third-order valence-electron chi connectivity index (χ3n) is 5.07. The summed E-state index contributed by atoms with van der Waals surface area (Å²) < 4.78 is 0. The van der Waals surface area contributed by atoms with E-state index >= 15 is 0 Å². The van der Waals surface area contributed by atoms with E-state index in [-0.39, 0.29) is 11.8 Å². The lowest BCUT2D eigenvalue weighted by Gasteiger charge is -2.53. The molecule has 0 bridgehead atoms. The second-order valence-electron chi connectivity index (χ2n) is 6.77. The Balaban J connectivity index is 2.37. The van der Waals surface area contributed by atoms with Crippen molar-refractivity contribution in [3.63, 3.8) is 0 Å². The number of fused-ring (bicyclic) bond motifs is 1. The Kier molecular flexibility index (Phi) is 3.16. The quantitative estimate of drug-likeness (QED) is 0.690. The first-order valence-corrected chi connectivity index (χ1v) is 6.87. The van der Waals surface area contributed by atoms with E-state index < -0.39 is 11.2 Å². The largest absolute Gasteiger partial charge is 0.390 e. The molecule has 0 heterocycles. The Hall–Kier alpha value is -0.340. The van der Waals surface area contributed by atoms with Crippen LogP contribution in [0.25, 0.3) is 0 Å². The SMILES string of the molecule is CC1=C[C@@H]2[C@@H](C(C)(C)O)CC[C@H](C)[C@]2(O)CC1. The van der Waals surface area contributed by atoms with Crippen molar-refractivity contribution in [2.75, 3.05) is 0 Å². The van der Waals surface area contributed by atoms with Crippen LogP contribution in [0.5, 0.6) is 0 Å². The first kappa shape index (κ1) is 13.1. The lowest BCUT2D eigenvalue weighted by Crippen LogP contribution is -2.55. The van der Waals surface area contributed by atoms with Gasteiger partial charge in [-0.1, -0.05) is 18.6 Å². The molecule has 17 heavy (non-hydrogen) atoms. The highest BCUT2D eigenvalue weighted by Crippen LogP contribution is 2.51. The summed E-state index contributed by atoms with van der Waals surface area (Å²) in [6, 6.07) is 0. The van der Waals surface area contributed by atoms with Crippen molar-refractivity contribution in [3.8, 4) is 0 Å². The number of allylic oxidation sites excluding steroid dienone is 1. The van der Waals surface area contributed by atoms with Gasteiger partial charge >= 0.3 is 0 Å². The predicted molar refractivity (Wildman–Crippen MR) is 69.6 cm³/mol. The van der Waals surface area contributed by atoms with E-state index in [1.165, 1.54) is 5.57 Å². The molecule has 2 N–H and O–H groups in total. The zero-order valence-electron chi connectivity index (χ0n) is 11.5. The maximum Gasteiger partial charge on any atom is 0.0742 e. The van der Waals surface area contributed by atoms with Gasteiger partial charge in [0.2, 0.25) is 0 Å². The van der Waals surface area contributed by atoms with Crippen LogP contribution in [0.4, 0.5) is 0 Å². The Morgan fingerprint density at radius 2 is 2.00 bits per heavy atom. The fourth-order valence-electron chi connectivity index (χ4n) is 3.79. The molecule has 0 aromatic heterocycles. The molecular weight excluding hydrogens is 212 g/mol. The normalized spacial score (nSPS) is 42.9. The highest BCUT2D eigenvalue weighted by Gasteiger charge is 2.52. The van der Waals surface area contributed by atoms with Crippen molar-refractivity contribution >= 4 is 0 Å². The summed E-state index contributed by atoms with van der Waals surface area (Å²) in [5.41, 5.74) is 0.0676. The molecule has 2 rings (SSSR count). The minimum absolute atomic E-state index is 0.125. The highest BCUT2D eigenvalue weighted by atomic mass is 16.3. The van der Waals surface area contributed by atoms with Crippen molar-refractivity contribution < 1.29 is 10.2 Å². The van der Waals surface area contributed by atoms with Gasteiger partial charge in [-0.2, -0.15) is 0 Å². The molecular formula is C15H26O2. The van der Waals surface area contributed by atoms with Gasteiger partial charge in [-0.05, 0) is 58.3 Å². The van der Waals surface area contributed by atoms with Crippen molar-refractivity contribution in [1.29, 1.82) is 0 Å². The molecule has 0 aromatic carbocycles. The minimum Gasteiger partial charge on any atom is -0.390 e. The summed E-state index contributed by atoms with van der Waals surface area (Å²) in [5, 5.41) is 21.3. The van der Waals surface area contributed by atoms with E-state index in [0.29, 0.717) is 5.92 Å². The third kappa shape index (κ3) is 2.17. The van der Waals surface area contributed by atoms with Gasteiger partial charge in [0.25, 0.3) is 0 Å². The van der Waals surface area contributed by atoms with Crippen molar-refractivity contribution in [1.82, 2.24) is 0 Å². The Morgan fingerprint density at radius 3 is 2.59 bits per heavy atom. The minimum atomic E-state index is -0.701. The topological polar surface area (TPSA) is 40.5 Å². The van der Waals surface area contributed by atoms with Crippen LogP contribution in [0.1, 0.15) is 53.4 Å². The number of rotatable bonds is 1. The van der Waals surface area contributed by atoms with Crippen LogP contribution in [0.2, 0.25) is 0 Å². The highest BCUT2D eigenvalue weighted by molar-refractivity contribution is 5.18. The van der Waals surface area contributed by atoms with Gasteiger partial charge in [0.15, 0.2) is 0 Å². The molecule has 4 atom stereocenters. The van der Waals surface area contributed by atoms with Gasteiger partial charge in [0, 0.05) is 5.92 Å². The molecule has 1 fully saturated rings. The average Bonchev–Trinajstić information content (AvgIpc) is 2.20. The number of hydrogen-bond donors (Lipinski definition) is 2. The fraction of sp³-hybridized carbons (Fsp3) is 0.867. The Morgan fingerprint density at radius 1 is 1.35 bits per heavy atom. The van der Waals surface area contributed by atoms with Crippen LogP contribution in [0.15, 0.2) is 11.6 Å². The lowest BCUT2D eigenvalue weighted by atomic mass is 9.56. The molecule has 2 aliphatic rings. The number of aliphatic hydroxyl groups is 2. The average molecular weight is 238 g/mol. The van der Waals surface area contributed by atoms with Gasteiger partial charge in [0.1, 0.15) is 0 Å². The van der Waals surface area contributed by atoms with Crippen LogP contribution in [-0.2, 0) is 0 Å². The fourth-order valence-corrected chi connectivity index (χ4v) is 3.79. The second-order valence-corrected chi connectivity index (χ2v) is 6.77. The number of hydrogen-bond acceptors (Lipinski definition) is 2. The molecule has 0 saturated heterocycles. The summed E-state index contributed by atoms with van der Waals surface area (Å²) in [6.45, 7) is 8.06. The zero-order chi connectivity index (χ0) is 12.8. The molecule has 98 valence electrons. The van der Waals surface area contributed by atoms with Gasteiger partial charge in [-0.3, -0.25) is 0 Å². The van der Waals surface area contributed by atoms with E-state index in [1.807, 2.05) is 13.8 Å². The standard InChI is InChI=1S/C15H26O2/c1-10-7-8-15(17)11(2)5-6-12(13(15)9-10)14(3,4)16/h9,11-13,16-17H,5-8H2,1-4H3/t11-,12-,13+,15+/m0/s1. The summed E-state index contributed by atoms with van der Waals surface area (Å²) in [4.78, 5) is 0. The van der Waals surface area contributed by atoms with Gasteiger partial charge in [0.05, 0.1) is 11.2 Å². The third-order valence-corrected chi connectivity index (χ3v) is 5.07. The molecule has 0 spiro atoms. The molecule has 2 heteroatoms.